The van der Waals surface area contributed by atoms with Gasteiger partial charge in [0.1, 0.15) is 0 Å². The summed E-state index contributed by atoms with van der Waals surface area (Å²) in [6, 6.07) is 8.95. The van der Waals surface area contributed by atoms with Crippen LogP contribution in [-0.4, -0.2) is 12.6 Å². The van der Waals surface area contributed by atoms with E-state index in [1.807, 2.05) is 0 Å². The van der Waals surface area contributed by atoms with E-state index in [0.29, 0.717) is 6.04 Å². The van der Waals surface area contributed by atoms with Crippen molar-refractivity contribution in [1.29, 1.82) is 0 Å². The number of nitrogens with one attached hydrogen (secondary N) is 1. The Bertz CT molecular complexity index is 264. The van der Waals surface area contributed by atoms with Crippen LogP contribution in [-0.2, 0) is 6.42 Å². The molecule has 0 spiro atoms. The van der Waals surface area contributed by atoms with Crippen molar-refractivity contribution >= 4 is 5.69 Å². The third kappa shape index (κ3) is 4.84. The number of aryl methyl sites for hydroxylation is 1. The Balaban J connectivity index is 2.25. The number of nitrogens with two attached hydrogens (primary N) is 1. The van der Waals surface area contributed by atoms with Crippen molar-refractivity contribution < 1.29 is 0 Å². The van der Waals surface area contributed by atoms with Gasteiger partial charge in [-0.05, 0) is 43.9 Å². The van der Waals surface area contributed by atoms with Gasteiger partial charge in [0.15, 0.2) is 0 Å². The van der Waals surface area contributed by atoms with Gasteiger partial charge in [-0.3, -0.25) is 0 Å². The zero-order valence-electron chi connectivity index (χ0n) is 9.79. The second kappa shape index (κ2) is 6.46. The van der Waals surface area contributed by atoms with Gasteiger partial charge >= 0.3 is 0 Å². The van der Waals surface area contributed by atoms with E-state index in [0.717, 1.165) is 25.8 Å². The van der Waals surface area contributed by atoms with Crippen LogP contribution in [0.1, 0.15) is 32.3 Å². The van der Waals surface area contributed by atoms with Crippen LogP contribution in [0.3, 0.4) is 0 Å². The Morgan fingerprint density at radius 3 is 2.47 bits per heavy atom. The molecule has 0 bridgehead atoms. The molecule has 0 aliphatic carbocycles. The molecule has 2 nitrogen and oxygen atoms in total. The minimum atomic E-state index is 0.314. The maximum Gasteiger partial charge on any atom is 0.0340 e. The number of benzene rings is 1. The highest BCUT2D eigenvalue weighted by Crippen LogP contribution is 2.10. The van der Waals surface area contributed by atoms with Crippen LogP contribution in [0.2, 0.25) is 0 Å². The number of hydrogen-bond acceptors (Lipinski definition) is 2. The summed E-state index contributed by atoms with van der Waals surface area (Å²) in [5.74, 6) is 0. The van der Waals surface area contributed by atoms with Crippen LogP contribution in [0.15, 0.2) is 24.3 Å². The third-order valence-electron chi connectivity index (χ3n) is 2.53. The van der Waals surface area contributed by atoms with Crippen LogP contribution in [0.4, 0.5) is 5.69 Å². The van der Waals surface area contributed by atoms with Gasteiger partial charge in [0.2, 0.25) is 0 Å². The Kier molecular flexibility index (Phi) is 5.19. The van der Waals surface area contributed by atoms with E-state index in [9.17, 15) is 0 Å². The number of hydrogen-bond donors (Lipinski definition) is 2. The van der Waals surface area contributed by atoms with Crippen molar-refractivity contribution in [3.63, 3.8) is 0 Å². The molecule has 1 aromatic carbocycles. The normalized spacial score (nSPS) is 12.5. The molecular formula is C13H22N2. The Labute approximate surface area is 92.9 Å². The molecule has 0 fully saturated rings. The lowest BCUT2D eigenvalue weighted by Crippen LogP contribution is -2.16. The molecule has 0 aliphatic heterocycles. The van der Waals surface area contributed by atoms with Crippen LogP contribution < -0.4 is 11.1 Å². The summed E-state index contributed by atoms with van der Waals surface area (Å²) in [5.41, 5.74) is 8.27. The average molecular weight is 206 g/mol. The van der Waals surface area contributed by atoms with Crippen molar-refractivity contribution in [1.82, 2.24) is 0 Å². The monoisotopic (exact) mass is 206 g/mol. The Morgan fingerprint density at radius 2 is 1.93 bits per heavy atom. The largest absolute Gasteiger partial charge is 0.385 e. The highest BCUT2D eigenvalue weighted by atomic mass is 14.9. The molecular weight excluding hydrogens is 184 g/mol. The van der Waals surface area contributed by atoms with Gasteiger partial charge < -0.3 is 11.1 Å². The molecule has 2 heteroatoms. The predicted octanol–water partition coefficient (Wildman–Crippen LogP) is 2.79. The minimum Gasteiger partial charge on any atom is -0.385 e. The first kappa shape index (κ1) is 12.1. The summed E-state index contributed by atoms with van der Waals surface area (Å²) in [6.07, 6.45) is 3.32. The van der Waals surface area contributed by atoms with Crippen LogP contribution >= 0.6 is 0 Å². The summed E-state index contributed by atoms with van der Waals surface area (Å²) >= 11 is 0. The maximum absolute atomic E-state index is 5.68. The van der Waals surface area contributed by atoms with Crippen molar-refractivity contribution in [3.8, 4) is 0 Å². The summed E-state index contributed by atoms with van der Waals surface area (Å²) in [4.78, 5) is 0. The molecule has 15 heavy (non-hydrogen) atoms. The molecule has 0 heterocycles. The van der Waals surface area contributed by atoms with Crippen molar-refractivity contribution in [3.05, 3.63) is 29.8 Å². The van der Waals surface area contributed by atoms with Gasteiger partial charge in [-0.1, -0.05) is 19.1 Å². The summed E-state index contributed by atoms with van der Waals surface area (Å²) < 4.78 is 0. The Hall–Kier alpha value is -1.02. The van der Waals surface area contributed by atoms with E-state index < -0.39 is 0 Å². The molecule has 0 aliphatic rings. The third-order valence-corrected chi connectivity index (χ3v) is 2.53. The highest BCUT2D eigenvalue weighted by Gasteiger charge is 1.95. The van der Waals surface area contributed by atoms with Gasteiger partial charge in [0, 0.05) is 18.3 Å². The second-order valence-corrected chi connectivity index (χ2v) is 4.10. The topological polar surface area (TPSA) is 38.0 Å². The van der Waals surface area contributed by atoms with Crippen LogP contribution in [0, 0.1) is 0 Å². The highest BCUT2D eigenvalue weighted by molar-refractivity contribution is 5.44. The van der Waals surface area contributed by atoms with Gasteiger partial charge in [-0.15, -0.1) is 0 Å². The van der Waals surface area contributed by atoms with E-state index in [2.05, 4.69) is 43.4 Å². The minimum absolute atomic E-state index is 0.314. The fraction of sp³-hybridized carbons (Fsp3) is 0.538. The van der Waals surface area contributed by atoms with E-state index in [1.54, 1.807) is 0 Å². The molecule has 0 aromatic heterocycles. The molecule has 3 N–H and O–H groups in total. The molecule has 1 rings (SSSR count). The van der Waals surface area contributed by atoms with Crippen LogP contribution in [0.25, 0.3) is 0 Å². The smallest absolute Gasteiger partial charge is 0.0340 e. The summed E-state index contributed by atoms with van der Waals surface area (Å²) in [6.45, 7) is 5.23. The molecule has 0 saturated carbocycles. The van der Waals surface area contributed by atoms with E-state index >= 15 is 0 Å². The van der Waals surface area contributed by atoms with E-state index in [-0.39, 0.29) is 0 Å². The lowest BCUT2D eigenvalue weighted by Gasteiger charge is -2.08. The molecule has 1 atom stereocenters. The first-order valence-electron chi connectivity index (χ1n) is 5.80. The first-order chi connectivity index (χ1) is 7.22. The van der Waals surface area contributed by atoms with Crippen LogP contribution in [0.5, 0.6) is 0 Å². The lowest BCUT2D eigenvalue weighted by atomic mass is 10.1. The summed E-state index contributed by atoms with van der Waals surface area (Å²) in [5, 5.41) is 3.40. The summed E-state index contributed by atoms with van der Waals surface area (Å²) in [7, 11) is 0. The van der Waals surface area contributed by atoms with Crippen molar-refractivity contribution in [2.45, 2.75) is 39.2 Å². The quantitative estimate of drug-likeness (QED) is 0.702. The Morgan fingerprint density at radius 1 is 1.27 bits per heavy atom. The fourth-order valence-corrected chi connectivity index (χ4v) is 1.52. The molecule has 1 aromatic rings. The zero-order valence-corrected chi connectivity index (χ0v) is 9.79. The molecule has 84 valence electrons. The number of anilines is 1. The molecule has 1 unspecified atom stereocenters. The predicted molar refractivity (Wildman–Crippen MR) is 67.2 cm³/mol. The first-order valence-corrected chi connectivity index (χ1v) is 5.80. The number of rotatable bonds is 6. The zero-order chi connectivity index (χ0) is 11.1. The van der Waals surface area contributed by atoms with E-state index in [1.165, 1.54) is 11.3 Å². The molecule has 0 saturated heterocycles. The maximum atomic E-state index is 5.68. The lowest BCUT2D eigenvalue weighted by molar-refractivity contribution is 0.639. The van der Waals surface area contributed by atoms with Gasteiger partial charge in [0.05, 0.1) is 0 Å². The van der Waals surface area contributed by atoms with Crippen molar-refractivity contribution in [2.24, 2.45) is 5.73 Å². The second-order valence-electron chi connectivity index (χ2n) is 4.10. The molecule has 0 amide bonds. The van der Waals surface area contributed by atoms with Gasteiger partial charge in [0.25, 0.3) is 0 Å². The standard InChI is InChI=1S/C13H22N2/c1-3-12-6-8-13(9-7-12)15-10-4-5-11(2)14/h6-9,11,15H,3-5,10,14H2,1-2H3. The van der Waals surface area contributed by atoms with Gasteiger partial charge in [-0.25, -0.2) is 0 Å². The van der Waals surface area contributed by atoms with Crippen molar-refractivity contribution in [2.75, 3.05) is 11.9 Å². The van der Waals surface area contributed by atoms with E-state index in [4.69, 9.17) is 5.73 Å². The fourth-order valence-electron chi connectivity index (χ4n) is 1.52. The SMILES string of the molecule is CCc1ccc(NCCCC(C)N)cc1. The van der Waals surface area contributed by atoms with Gasteiger partial charge in [-0.2, -0.15) is 0 Å². The average Bonchev–Trinajstić information content (AvgIpc) is 2.25. The molecule has 0 radical (unpaired) electrons.